The van der Waals surface area contributed by atoms with Crippen molar-refractivity contribution < 1.29 is 32.3 Å². The van der Waals surface area contributed by atoms with Gasteiger partial charge in [-0.15, -0.1) is 0 Å². The topological polar surface area (TPSA) is 128 Å². The van der Waals surface area contributed by atoms with E-state index in [9.17, 15) is 22.8 Å². The number of carbonyl (C=O) groups excluding carboxylic acids is 3. The standard InChI is InChI=1S/C18H20N2O7S/c1-11(16(22)19-13-7-8-28(24,25)10-13)27-18(23)15-14(21)9-26-17(15)20-12-5-3-2-4-6-12/h2-6,11,13,20H,7-10H2,1H3,(H,19,22)/t11-,13+/m0/s1. The number of nitrogens with one attached hydrogen (secondary N) is 2. The molecule has 0 unspecified atom stereocenters. The van der Waals surface area contributed by atoms with Gasteiger partial charge in [0.2, 0.25) is 11.7 Å². The molecule has 1 fully saturated rings. The van der Waals surface area contributed by atoms with Crippen molar-refractivity contribution in [1.29, 1.82) is 0 Å². The first-order valence-electron chi connectivity index (χ1n) is 8.69. The smallest absolute Gasteiger partial charge is 0.348 e. The molecule has 0 aromatic heterocycles. The molecule has 10 heteroatoms. The van der Waals surface area contributed by atoms with Gasteiger partial charge in [0.25, 0.3) is 5.91 Å². The zero-order valence-electron chi connectivity index (χ0n) is 15.1. The first-order chi connectivity index (χ1) is 13.2. The molecule has 2 atom stereocenters. The highest BCUT2D eigenvalue weighted by Gasteiger charge is 2.35. The minimum Gasteiger partial charge on any atom is -0.470 e. The van der Waals surface area contributed by atoms with Crippen LogP contribution in [0.1, 0.15) is 13.3 Å². The molecule has 0 spiro atoms. The van der Waals surface area contributed by atoms with Gasteiger partial charge < -0.3 is 20.1 Å². The Morgan fingerprint density at radius 2 is 1.96 bits per heavy atom. The number of anilines is 1. The van der Waals surface area contributed by atoms with E-state index < -0.39 is 39.6 Å². The van der Waals surface area contributed by atoms with Gasteiger partial charge in [-0.2, -0.15) is 0 Å². The Hall–Kier alpha value is -2.88. The molecule has 1 amide bonds. The summed E-state index contributed by atoms with van der Waals surface area (Å²) in [6, 6.07) is 8.30. The Bertz CT molecular complexity index is 925. The molecule has 2 aliphatic heterocycles. The Morgan fingerprint density at radius 3 is 2.61 bits per heavy atom. The number of hydrogen-bond donors (Lipinski definition) is 2. The highest BCUT2D eigenvalue weighted by Crippen LogP contribution is 2.21. The third-order valence-corrected chi connectivity index (χ3v) is 6.09. The average molecular weight is 408 g/mol. The lowest BCUT2D eigenvalue weighted by Crippen LogP contribution is -2.42. The van der Waals surface area contributed by atoms with Gasteiger partial charge in [-0.1, -0.05) is 18.2 Å². The summed E-state index contributed by atoms with van der Waals surface area (Å²) in [5.74, 6) is -2.32. The van der Waals surface area contributed by atoms with Crippen molar-refractivity contribution in [2.75, 3.05) is 23.4 Å². The maximum Gasteiger partial charge on any atom is 0.348 e. The van der Waals surface area contributed by atoms with Gasteiger partial charge in [-0.3, -0.25) is 9.59 Å². The van der Waals surface area contributed by atoms with E-state index in [1.54, 1.807) is 24.3 Å². The van der Waals surface area contributed by atoms with Gasteiger partial charge in [0.1, 0.15) is 0 Å². The summed E-state index contributed by atoms with van der Waals surface area (Å²) >= 11 is 0. The zero-order chi connectivity index (χ0) is 20.3. The molecule has 0 aliphatic carbocycles. The lowest BCUT2D eigenvalue weighted by molar-refractivity contribution is -0.152. The van der Waals surface area contributed by atoms with Crippen LogP contribution in [0.5, 0.6) is 0 Å². The monoisotopic (exact) mass is 408 g/mol. The van der Waals surface area contributed by atoms with E-state index in [4.69, 9.17) is 9.47 Å². The van der Waals surface area contributed by atoms with Crippen LogP contribution in [-0.4, -0.2) is 56.3 Å². The van der Waals surface area contributed by atoms with Crippen molar-refractivity contribution in [3.05, 3.63) is 41.8 Å². The van der Waals surface area contributed by atoms with E-state index in [1.165, 1.54) is 6.92 Å². The number of amides is 1. The molecular formula is C18H20N2O7S. The normalized spacial score (nSPS) is 21.8. The SMILES string of the molecule is C[C@H](OC(=O)C1=C(Nc2ccccc2)OCC1=O)C(=O)N[C@@H]1CCS(=O)(=O)C1. The predicted octanol–water partition coefficient (Wildman–Crippen LogP) is 0.144. The number of Topliss-reactive ketones (excluding diaryl/α,β-unsaturated/α-hetero) is 1. The van der Waals surface area contributed by atoms with Crippen LogP contribution in [0.2, 0.25) is 0 Å². The number of ketones is 1. The van der Waals surface area contributed by atoms with Crippen LogP contribution in [0, 0.1) is 0 Å². The van der Waals surface area contributed by atoms with Gasteiger partial charge in [0.15, 0.2) is 28.1 Å². The summed E-state index contributed by atoms with van der Waals surface area (Å²) in [6.45, 7) is 1.04. The van der Waals surface area contributed by atoms with Gasteiger partial charge >= 0.3 is 5.97 Å². The molecule has 0 saturated carbocycles. The van der Waals surface area contributed by atoms with E-state index in [2.05, 4.69) is 10.6 Å². The van der Waals surface area contributed by atoms with Crippen molar-refractivity contribution in [2.24, 2.45) is 0 Å². The summed E-state index contributed by atoms with van der Waals surface area (Å²) in [6.07, 6.45) is -0.883. The first-order valence-corrected chi connectivity index (χ1v) is 10.5. The number of para-hydroxylation sites is 1. The molecule has 1 aromatic carbocycles. The third kappa shape index (κ3) is 4.69. The van der Waals surface area contributed by atoms with E-state index >= 15 is 0 Å². The number of hydrogen-bond acceptors (Lipinski definition) is 8. The molecule has 2 N–H and O–H groups in total. The number of rotatable bonds is 6. The fourth-order valence-corrected chi connectivity index (χ4v) is 4.54. The maximum absolute atomic E-state index is 12.4. The van der Waals surface area contributed by atoms with Crippen LogP contribution in [0.25, 0.3) is 0 Å². The number of esters is 1. The number of sulfone groups is 1. The molecule has 0 radical (unpaired) electrons. The number of benzene rings is 1. The Kier molecular flexibility index (Phi) is 5.68. The van der Waals surface area contributed by atoms with Crippen LogP contribution in [0.15, 0.2) is 41.8 Å². The lowest BCUT2D eigenvalue weighted by atomic mass is 10.2. The second-order valence-corrected chi connectivity index (χ2v) is 8.79. The third-order valence-electron chi connectivity index (χ3n) is 4.32. The van der Waals surface area contributed by atoms with Crippen LogP contribution < -0.4 is 10.6 Å². The Labute approximate surface area is 162 Å². The van der Waals surface area contributed by atoms with Crippen LogP contribution in [0.4, 0.5) is 5.69 Å². The number of ether oxygens (including phenoxy) is 2. The maximum atomic E-state index is 12.4. The van der Waals surface area contributed by atoms with Crippen LogP contribution in [0.3, 0.4) is 0 Å². The minimum absolute atomic E-state index is 0.0133. The molecule has 1 saturated heterocycles. The predicted molar refractivity (Wildman–Crippen MR) is 98.8 cm³/mol. The van der Waals surface area contributed by atoms with Crippen molar-refractivity contribution in [1.82, 2.24) is 5.32 Å². The van der Waals surface area contributed by atoms with Crippen LogP contribution >= 0.6 is 0 Å². The Morgan fingerprint density at radius 1 is 1.25 bits per heavy atom. The summed E-state index contributed by atoms with van der Waals surface area (Å²) < 4.78 is 33.3. The van der Waals surface area contributed by atoms with E-state index in [0.29, 0.717) is 12.1 Å². The quantitative estimate of drug-likeness (QED) is 0.503. The van der Waals surface area contributed by atoms with Crippen molar-refractivity contribution in [3.63, 3.8) is 0 Å². The highest BCUT2D eigenvalue weighted by molar-refractivity contribution is 7.91. The van der Waals surface area contributed by atoms with E-state index in [1.807, 2.05) is 6.07 Å². The molecule has 150 valence electrons. The summed E-state index contributed by atoms with van der Waals surface area (Å²) in [7, 11) is -3.15. The molecule has 0 bridgehead atoms. The lowest BCUT2D eigenvalue weighted by Gasteiger charge is -2.16. The Balaban J connectivity index is 1.63. The fourth-order valence-electron chi connectivity index (χ4n) is 2.87. The second-order valence-electron chi connectivity index (χ2n) is 6.56. The van der Waals surface area contributed by atoms with Crippen molar-refractivity contribution >= 4 is 33.2 Å². The summed E-state index contributed by atoms with van der Waals surface area (Å²) in [5, 5.41) is 5.39. The van der Waals surface area contributed by atoms with Crippen LogP contribution in [-0.2, 0) is 33.7 Å². The minimum atomic E-state index is -3.15. The zero-order valence-corrected chi connectivity index (χ0v) is 16.0. The molecule has 28 heavy (non-hydrogen) atoms. The molecule has 2 heterocycles. The summed E-state index contributed by atoms with van der Waals surface area (Å²) in [4.78, 5) is 36.6. The van der Waals surface area contributed by atoms with Gasteiger partial charge in [-0.05, 0) is 25.5 Å². The molecule has 2 aliphatic rings. The van der Waals surface area contributed by atoms with E-state index in [0.717, 1.165) is 0 Å². The molecule has 9 nitrogen and oxygen atoms in total. The average Bonchev–Trinajstić information content (AvgIpc) is 3.17. The van der Waals surface area contributed by atoms with E-state index in [-0.39, 0.29) is 29.6 Å². The van der Waals surface area contributed by atoms with Crippen molar-refractivity contribution in [3.8, 4) is 0 Å². The summed E-state index contributed by atoms with van der Waals surface area (Å²) in [5.41, 5.74) is 0.317. The highest BCUT2D eigenvalue weighted by atomic mass is 32.2. The van der Waals surface area contributed by atoms with Gasteiger partial charge in [0.05, 0.1) is 11.5 Å². The second kappa shape index (κ2) is 8.01. The van der Waals surface area contributed by atoms with Gasteiger partial charge in [-0.25, -0.2) is 13.2 Å². The first kappa shape index (κ1) is 19.9. The fraction of sp³-hybridized carbons (Fsp3) is 0.389. The van der Waals surface area contributed by atoms with Gasteiger partial charge in [0, 0.05) is 11.7 Å². The molecular weight excluding hydrogens is 388 g/mol. The largest absolute Gasteiger partial charge is 0.470 e. The van der Waals surface area contributed by atoms with Crippen molar-refractivity contribution in [2.45, 2.75) is 25.5 Å². The number of carbonyl (C=O) groups is 3. The molecule has 3 rings (SSSR count). The molecule has 1 aromatic rings.